The van der Waals surface area contributed by atoms with Crippen LogP contribution in [0.4, 0.5) is 0 Å². The molecule has 0 spiro atoms. The van der Waals surface area contributed by atoms with Crippen molar-refractivity contribution in [3.63, 3.8) is 0 Å². The second-order valence-corrected chi connectivity index (χ2v) is 8.13. The summed E-state index contributed by atoms with van der Waals surface area (Å²) in [6.07, 6.45) is 0.472. The van der Waals surface area contributed by atoms with Crippen LogP contribution in [-0.2, 0) is 14.6 Å². The Bertz CT molecular complexity index is 328. The van der Waals surface area contributed by atoms with Gasteiger partial charge in [-0.15, -0.1) is 0 Å². The minimum atomic E-state index is -3.19. The van der Waals surface area contributed by atoms with Crippen molar-refractivity contribution in [3.05, 3.63) is 0 Å². The highest BCUT2D eigenvalue weighted by Crippen LogP contribution is 2.17. The van der Waals surface area contributed by atoms with Crippen LogP contribution in [0.3, 0.4) is 0 Å². The Kier molecular flexibility index (Phi) is 5.62. The molecule has 0 saturated carbocycles. The zero-order chi connectivity index (χ0) is 13.0. The Morgan fingerprint density at radius 3 is 2.19 bits per heavy atom. The number of carbonyl (C=O) groups is 1. The zero-order valence-electron chi connectivity index (χ0n) is 10.6. The average molecular weight is 249 g/mol. The summed E-state index contributed by atoms with van der Waals surface area (Å²) in [5.74, 6) is 0.0442. The van der Waals surface area contributed by atoms with Crippen molar-refractivity contribution in [2.75, 3.05) is 12.3 Å². The van der Waals surface area contributed by atoms with E-state index in [1.165, 1.54) is 0 Å². The van der Waals surface area contributed by atoms with Crippen LogP contribution in [0.5, 0.6) is 0 Å². The quantitative estimate of drug-likeness (QED) is 0.766. The average Bonchev–Trinajstić information content (AvgIpc) is 2.13. The minimum absolute atomic E-state index is 0.0224. The van der Waals surface area contributed by atoms with Gasteiger partial charge in [0.15, 0.2) is 9.84 Å². The van der Waals surface area contributed by atoms with Crippen LogP contribution in [0.1, 0.15) is 40.5 Å². The van der Waals surface area contributed by atoms with Gasteiger partial charge in [-0.1, -0.05) is 6.92 Å². The lowest BCUT2D eigenvalue weighted by atomic mass is 10.0. The predicted octanol–water partition coefficient (Wildman–Crippen LogP) is 1.14. The standard InChI is InChI=1S/C11H23NO3S/c1-9(8-12)7-10(13)5-6-16(14,15)11(2,3)4/h9H,5-8,12H2,1-4H3. The Morgan fingerprint density at radius 1 is 1.31 bits per heavy atom. The molecule has 4 nitrogen and oxygen atoms in total. The zero-order valence-corrected chi connectivity index (χ0v) is 11.4. The van der Waals surface area contributed by atoms with Crippen molar-refractivity contribution >= 4 is 15.6 Å². The third-order valence-corrected chi connectivity index (χ3v) is 5.17. The first-order valence-corrected chi connectivity index (χ1v) is 7.19. The number of nitrogens with two attached hydrogens (primary N) is 1. The minimum Gasteiger partial charge on any atom is -0.330 e. The van der Waals surface area contributed by atoms with Gasteiger partial charge in [0.2, 0.25) is 0 Å². The van der Waals surface area contributed by atoms with Gasteiger partial charge in [0.1, 0.15) is 5.78 Å². The van der Waals surface area contributed by atoms with Gasteiger partial charge in [-0.05, 0) is 33.2 Å². The third kappa shape index (κ3) is 5.07. The van der Waals surface area contributed by atoms with E-state index < -0.39 is 14.6 Å². The van der Waals surface area contributed by atoms with Crippen LogP contribution in [0.2, 0.25) is 0 Å². The molecule has 0 radical (unpaired) electrons. The van der Waals surface area contributed by atoms with Crippen LogP contribution < -0.4 is 5.73 Å². The smallest absolute Gasteiger partial charge is 0.155 e. The Morgan fingerprint density at radius 2 is 1.81 bits per heavy atom. The first-order chi connectivity index (χ1) is 7.10. The molecule has 0 rings (SSSR count). The maximum atomic E-state index is 11.7. The largest absolute Gasteiger partial charge is 0.330 e. The highest BCUT2D eigenvalue weighted by molar-refractivity contribution is 7.92. The number of ketones is 1. The number of hydrogen-bond acceptors (Lipinski definition) is 4. The van der Waals surface area contributed by atoms with Crippen molar-refractivity contribution < 1.29 is 13.2 Å². The fraction of sp³-hybridized carbons (Fsp3) is 0.909. The molecule has 0 aromatic rings. The predicted molar refractivity (Wildman–Crippen MR) is 66.0 cm³/mol. The van der Waals surface area contributed by atoms with E-state index >= 15 is 0 Å². The topological polar surface area (TPSA) is 77.2 Å². The van der Waals surface area contributed by atoms with E-state index in [0.717, 1.165) is 0 Å². The monoisotopic (exact) mass is 249 g/mol. The van der Waals surface area contributed by atoms with Gasteiger partial charge >= 0.3 is 0 Å². The number of rotatable bonds is 6. The molecule has 0 amide bonds. The number of hydrogen-bond donors (Lipinski definition) is 1. The molecule has 2 N–H and O–H groups in total. The maximum absolute atomic E-state index is 11.7. The summed E-state index contributed by atoms with van der Waals surface area (Å²) in [5.41, 5.74) is 5.40. The first-order valence-electron chi connectivity index (χ1n) is 5.54. The van der Waals surface area contributed by atoms with Gasteiger partial charge in [0, 0.05) is 12.8 Å². The summed E-state index contributed by atoms with van der Waals surface area (Å²) in [6, 6.07) is 0. The molecule has 5 heteroatoms. The lowest BCUT2D eigenvalue weighted by Gasteiger charge is -2.18. The molecular formula is C11H23NO3S. The van der Waals surface area contributed by atoms with Crippen molar-refractivity contribution in [1.29, 1.82) is 0 Å². The highest BCUT2D eigenvalue weighted by atomic mass is 32.2. The molecule has 1 atom stereocenters. The van der Waals surface area contributed by atoms with Crippen molar-refractivity contribution in [1.82, 2.24) is 0 Å². The molecule has 16 heavy (non-hydrogen) atoms. The summed E-state index contributed by atoms with van der Waals surface area (Å²) in [6.45, 7) is 7.29. The van der Waals surface area contributed by atoms with Crippen LogP contribution in [0.15, 0.2) is 0 Å². The van der Waals surface area contributed by atoms with E-state index in [1.54, 1.807) is 20.8 Å². The fourth-order valence-electron chi connectivity index (χ4n) is 1.13. The lowest BCUT2D eigenvalue weighted by Crippen LogP contribution is -2.31. The van der Waals surface area contributed by atoms with Crippen LogP contribution >= 0.6 is 0 Å². The molecule has 0 aliphatic carbocycles. The Labute approximate surface area is 98.5 Å². The van der Waals surface area contributed by atoms with Crippen molar-refractivity contribution in [3.8, 4) is 0 Å². The van der Waals surface area contributed by atoms with Gasteiger partial charge in [0.25, 0.3) is 0 Å². The van der Waals surface area contributed by atoms with Crippen molar-refractivity contribution in [2.45, 2.75) is 45.3 Å². The lowest BCUT2D eigenvalue weighted by molar-refractivity contribution is -0.119. The number of carbonyl (C=O) groups excluding carboxylic acids is 1. The molecule has 0 aliphatic heterocycles. The van der Waals surface area contributed by atoms with Crippen LogP contribution in [0.25, 0.3) is 0 Å². The van der Waals surface area contributed by atoms with E-state index in [1.807, 2.05) is 6.92 Å². The van der Waals surface area contributed by atoms with Crippen LogP contribution in [0, 0.1) is 5.92 Å². The van der Waals surface area contributed by atoms with Gasteiger partial charge in [-0.25, -0.2) is 8.42 Å². The summed E-state index contributed by atoms with van der Waals surface area (Å²) in [7, 11) is -3.19. The molecule has 1 unspecified atom stereocenters. The second-order valence-electron chi connectivity index (χ2n) is 5.26. The van der Waals surface area contributed by atoms with Gasteiger partial charge in [-0.3, -0.25) is 4.79 Å². The van der Waals surface area contributed by atoms with Gasteiger partial charge < -0.3 is 5.73 Å². The van der Waals surface area contributed by atoms with E-state index in [4.69, 9.17) is 5.73 Å². The second kappa shape index (κ2) is 5.77. The van der Waals surface area contributed by atoms with E-state index in [0.29, 0.717) is 13.0 Å². The number of sulfone groups is 1. The Balaban J connectivity index is 4.22. The molecule has 0 bridgehead atoms. The molecule has 0 fully saturated rings. The maximum Gasteiger partial charge on any atom is 0.155 e. The summed E-state index contributed by atoms with van der Waals surface area (Å²) in [4.78, 5) is 11.5. The molecule has 0 aromatic heterocycles. The van der Waals surface area contributed by atoms with E-state index in [9.17, 15) is 13.2 Å². The molecule has 0 aromatic carbocycles. The molecule has 0 aliphatic rings. The summed E-state index contributed by atoms with van der Waals surface area (Å²) >= 11 is 0. The van der Waals surface area contributed by atoms with E-state index in [2.05, 4.69) is 0 Å². The molecule has 96 valence electrons. The first kappa shape index (κ1) is 15.6. The van der Waals surface area contributed by atoms with Gasteiger partial charge in [0.05, 0.1) is 10.5 Å². The van der Waals surface area contributed by atoms with E-state index in [-0.39, 0.29) is 23.9 Å². The SMILES string of the molecule is CC(CN)CC(=O)CCS(=O)(=O)C(C)(C)C. The number of Topliss-reactive ketones (excluding diaryl/α,β-unsaturated/α-hetero) is 1. The molecule has 0 heterocycles. The summed E-state index contributed by atoms with van der Waals surface area (Å²) in [5, 5.41) is 0. The van der Waals surface area contributed by atoms with Crippen molar-refractivity contribution in [2.24, 2.45) is 11.7 Å². The fourth-order valence-corrected chi connectivity index (χ4v) is 2.24. The highest BCUT2D eigenvalue weighted by Gasteiger charge is 2.29. The normalized spacial score (nSPS) is 14.8. The third-order valence-electron chi connectivity index (χ3n) is 2.56. The molecule has 0 saturated heterocycles. The summed E-state index contributed by atoms with van der Waals surface area (Å²) < 4.78 is 22.7. The Hall–Kier alpha value is -0.420. The van der Waals surface area contributed by atoms with Gasteiger partial charge in [-0.2, -0.15) is 0 Å². The molecular weight excluding hydrogens is 226 g/mol. The van der Waals surface area contributed by atoms with Crippen LogP contribution in [-0.4, -0.2) is 31.2 Å².